The highest BCUT2D eigenvalue weighted by atomic mass is 127. The van der Waals surface area contributed by atoms with Gasteiger partial charge in [0.05, 0.1) is 6.54 Å². The molecule has 2 aliphatic heterocycles. The maximum absolute atomic E-state index is 11.9. The fourth-order valence-corrected chi connectivity index (χ4v) is 4.03. The molecule has 0 aliphatic carbocycles. The summed E-state index contributed by atoms with van der Waals surface area (Å²) < 4.78 is 0. The summed E-state index contributed by atoms with van der Waals surface area (Å²) in [6.45, 7) is 14.4. The van der Waals surface area contributed by atoms with Gasteiger partial charge in [0, 0.05) is 38.1 Å². The third-order valence-electron chi connectivity index (χ3n) is 5.39. The maximum Gasteiger partial charge on any atom is 0.222 e. The predicted octanol–water partition coefficient (Wildman–Crippen LogP) is 2.68. The third kappa shape index (κ3) is 8.13. The van der Waals surface area contributed by atoms with Crippen LogP contribution in [-0.2, 0) is 4.79 Å². The van der Waals surface area contributed by atoms with E-state index in [9.17, 15) is 4.79 Å². The first-order valence-electron chi connectivity index (χ1n) is 10.6. The molecule has 0 aromatic rings. The summed E-state index contributed by atoms with van der Waals surface area (Å²) in [5, 5.41) is 6.94. The third-order valence-corrected chi connectivity index (χ3v) is 5.39. The first-order valence-corrected chi connectivity index (χ1v) is 10.6. The van der Waals surface area contributed by atoms with Crippen LogP contribution in [0.15, 0.2) is 4.99 Å². The van der Waals surface area contributed by atoms with Gasteiger partial charge in [-0.2, -0.15) is 0 Å². The van der Waals surface area contributed by atoms with E-state index in [0.29, 0.717) is 24.4 Å². The minimum Gasteiger partial charge on any atom is -0.357 e. The van der Waals surface area contributed by atoms with Crippen LogP contribution in [0, 0.1) is 5.92 Å². The number of hydrogen-bond acceptors (Lipinski definition) is 3. The second-order valence-electron chi connectivity index (χ2n) is 8.07. The average Bonchev–Trinajstić information content (AvgIpc) is 3.29. The zero-order valence-electron chi connectivity index (χ0n) is 17.7. The summed E-state index contributed by atoms with van der Waals surface area (Å²) in [6.07, 6.45) is 5.43. The van der Waals surface area contributed by atoms with E-state index >= 15 is 0 Å². The van der Waals surface area contributed by atoms with Crippen LogP contribution in [-0.4, -0.2) is 73.0 Å². The van der Waals surface area contributed by atoms with Crippen LogP contribution in [0.5, 0.6) is 0 Å². The predicted molar refractivity (Wildman–Crippen MR) is 124 cm³/mol. The largest absolute Gasteiger partial charge is 0.357 e. The number of hydrogen-bond donors (Lipinski definition) is 2. The summed E-state index contributed by atoms with van der Waals surface area (Å²) >= 11 is 0. The van der Waals surface area contributed by atoms with Crippen molar-refractivity contribution in [3.05, 3.63) is 0 Å². The number of nitrogens with one attached hydrogen (secondary N) is 2. The van der Waals surface area contributed by atoms with Crippen LogP contribution < -0.4 is 10.6 Å². The van der Waals surface area contributed by atoms with Crippen molar-refractivity contribution in [2.75, 3.05) is 39.3 Å². The van der Waals surface area contributed by atoms with Crippen LogP contribution >= 0.6 is 24.0 Å². The molecule has 2 fully saturated rings. The lowest BCUT2D eigenvalue weighted by Gasteiger charge is -2.28. The summed E-state index contributed by atoms with van der Waals surface area (Å²) in [7, 11) is 0. The number of nitrogens with zero attached hydrogens (tertiary/aromatic N) is 3. The quantitative estimate of drug-likeness (QED) is 0.310. The summed E-state index contributed by atoms with van der Waals surface area (Å²) in [5.41, 5.74) is 0. The molecule has 2 atom stereocenters. The van der Waals surface area contributed by atoms with E-state index in [2.05, 4.69) is 36.3 Å². The van der Waals surface area contributed by atoms with Gasteiger partial charge in [0.2, 0.25) is 5.91 Å². The lowest BCUT2D eigenvalue weighted by atomic mass is 10.0. The molecule has 0 spiro atoms. The molecular weight excluding hydrogens is 453 g/mol. The van der Waals surface area contributed by atoms with Gasteiger partial charge in [-0.25, -0.2) is 0 Å². The maximum atomic E-state index is 11.9. The van der Waals surface area contributed by atoms with Gasteiger partial charge < -0.3 is 15.5 Å². The van der Waals surface area contributed by atoms with Crippen molar-refractivity contribution in [2.45, 2.75) is 71.9 Å². The number of aliphatic imine (C=N–C) groups is 1. The van der Waals surface area contributed by atoms with Gasteiger partial charge in [-0.15, -0.1) is 24.0 Å². The van der Waals surface area contributed by atoms with Crippen LogP contribution in [0.2, 0.25) is 0 Å². The van der Waals surface area contributed by atoms with E-state index in [0.717, 1.165) is 38.6 Å². The zero-order chi connectivity index (χ0) is 18.9. The van der Waals surface area contributed by atoms with E-state index in [-0.39, 0.29) is 29.9 Å². The Bertz CT molecular complexity index is 465. The van der Waals surface area contributed by atoms with E-state index in [4.69, 9.17) is 4.99 Å². The van der Waals surface area contributed by atoms with Gasteiger partial charge in [0.25, 0.3) is 0 Å². The molecule has 2 aliphatic rings. The number of carbonyl (C=O) groups excluding carboxylic acids is 1. The topological polar surface area (TPSA) is 60.0 Å². The fraction of sp³-hybridized carbons (Fsp3) is 0.900. The molecule has 2 rings (SSSR count). The molecule has 158 valence electrons. The van der Waals surface area contributed by atoms with Crippen LogP contribution in [0.25, 0.3) is 0 Å². The highest BCUT2D eigenvalue weighted by Gasteiger charge is 2.26. The molecule has 1 amide bonds. The zero-order valence-corrected chi connectivity index (χ0v) is 20.0. The van der Waals surface area contributed by atoms with Crippen molar-refractivity contribution in [3.8, 4) is 0 Å². The van der Waals surface area contributed by atoms with Gasteiger partial charge >= 0.3 is 0 Å². The Hall–Kier alpha value is -0.570. The molecule has 0 bridgehead atoms. The second kappa shape index (κ2) is 12.8. The van der Waals surface area contributed by atoms with Crippen LogP contribution in [0.3, 0.4) is 0 Å². The van der Waals surface area contributed by atoms with Crippen molar-refractivity contribution in [1.82, 2.24) is 20.4 Å². The van der Waals surface area contributed by atoms with Gasteiger partial charge in [-0.05, 0) is 51.6 Å². The molecule has 0 aromatic heterocycles. The van der Waals surface area contributed by atoms with Crippen molar-refractivity contribution in [2.24, 2.45) is 10.9 Å². The van der Waals surface area contributed by atoms with Crippen LogP contribution in [0.4, 0.5) is 0 Å². The monoisotopic (exact) mass is 493 g/mol. The molecule has 2 heterocycles. The van der Waals surface area contributed by atoms with Crippen LogP contribution in [0.1, 0.15) is 59.8 Å². The molecule has 7 heteroatoms. The molecule has 6 nitrogen and oxygen atoms in total. The Morgan fingerprint density at radius 2 is 1.89 bits per heavy atom. The molecule has 2 N–H and O–H groups in total. The van der Waals surface area contributed by atoms with Gasteiger partial charge in [0.1, 0.15) is 0 Å². The average molecular weight is 493 g/mol. The number of rotatable bonds is 8. The number of halogens is 1. The number of likely N-dealkylation sites (tertiary alicyclic amines) is 2. The van der Waals surface area contributed by atoms with Crippen molar-refractivity contribution in [3.63, 3.8) is 0 Å². The standard InChI is InChI=1S/C20H39N5O.HI/c1-5-19(26)25-12-9-17(15-25)23-20(21-6-2)22-14-18(13-16(3)4)24-10-7-8-11-24;/h16-18H,5-15H2,1-4H3,(H2,21,22,23);1H. The molecular formula is C20H40IN5O. The Morgan fingerprint density at radius 1 is 1.19 bits per heavy atom. The van der Waals surface area contributed by atoms with Crippen molar-refractivity contribution in [1.29, 1.82) is 0 Å². The molecule has 2 saturated heterocycles. The summed E-state index contributed by atoms with van der Waals surface area (Å²) in [5.74, 6) is 1.84. The molecule has 2 unspecified atom stereocenters. The van der Waals surface area contributed by atoms with Crippen molar-refractivity contribution < 1.29 is 4.79 Å². The smallest absolute Gasteiger partial charge is 0.222 e. The minimum atomic E-state index is 0. The number of amides is 1. The van der Waals surface area contributed by atoms with E-state index in [1.165, 1.54) is 32.4 Å². The lowest BCUT2D eigenvalue weighted by molar-refractivity contribution is -0.129. The second-order valence-corrected chi connectivity index (χ2v) is 8.07. The molecule has 0 saturated carbocycles. The molecule has 0 aromatic carbocycles. The summed E-state index contributed by atoms with van der Waals surface area (Å²) in [4.78, 5) is 21.4. The fourth-order valence-electron chi connectivity index (χ4n) is 4.03. The molecule has 0 radical (unpaired) electrons. The molecule has 27 heavy (non-hydrogen) atoms. The Kier molecular flexibility index (Phi) is 11.6. The number of guanidine groups is 1. The Morgan fingerprint density at radius 3 is 2.48 bits per heavy atom. The minimum absolute atomic E-state index is 0. The summed E-state index contributed by atoms with van der Waals surface area (Å²) in [6, 6.07) is 0.841. The van der Waals surface area contributed by atoms with Gasteiger partial charge in [0.15, 0.2) is 5.96 Å². The van der Waals surface area contributed by atoms with E-state index in [1.54, 1.807) is 0 Å². The number of carbonyl (C=O) groups is 1. The highest BCUT2D eigenvalue weighted by molar-refractivity contribution is 14.0. The van der Waals surface area contributed by atoms with E-state index < -0.39 is 0 Å². The Labute approximate surface area is 182 Å². The first-order chi connectivity index (χ1) is 12.5. The SMILES string of the molecule is CCNC(=NCC(CC(C)C)N1CCCC1)NC1CCN(C(=O)CC)C1.I. The first kappa shape index (κ1) is 24.5. The van der Waals surface area contributed by atoms with Gasteiger partial charge in [-0.1, -0.05) is 20.8 Å². The highest BCUT2D eigenvalue weighted by Crippen LogP contribution is 2.18. The lowest BCUT2D eigenvalue weighted by Crippen LogP contribution is -2.46. The van der Waals surface area contributed by atoms with E-state index in [1.807, 2.05) is 11.8 Å². The van der Waals surface area contributed by atoms with Gasteiger partial charge in [-0.3, -0.25) is 14.7 Å². The normalized spacial score (nSPS) is 22.0. The Balaban J connectivity index is 0.00000364. The van der Waals surface area contributed by atoms with Crippen molar-refractivity contribution >= 4 is 35.8 Å².